The fraction of sp³-hybridized carbons (Fsp3) is 0.455. The van der Waals surface area contributed by atoms with Gasteiger partial charge >= 0.3 is 0 Å². The van der Waals surface area contributed by atoms with Gasteiger partial charge in [0.25, 0.3) is 0 Å². The lowest BCUT2D eigenvalue weighted by Gasteiger charge is -2.46. The van der Waals surface area contributed by atoms with E-state index in [0.717, 1.165) is 23.1 Å². The highest BCUT2D eigenvalue weighted by Gasteiger charge is 2.46. The van der Waals surface area contributed by atoms with E-state index < -0.39 is 17.8 Å². The van der Waals surface area contributed by atoms with Crippen LogP contribution in [0.4, 0.5) is 0 Å². The van der Waals surface area contributed by atoms with Crippen LogP contribution in [0.1, 0.15) is 56.7 Å². The fourth-order valence-corrected chi connectivity index (χ4v) is 5.61. The molecule has 1 aliphatic rings. The lowest BCUT2D eigenvalue weighted by molar-refractivity contribution is -0.186. The van der Waals surface area contributed by atoms with E-state index in [-0.39, 0.29) is 24.2 Å². The van der Waals surface area contributed by atoms with Gasteiger partial charge in [0.1, 0.15) is 11.7 Å². The molecule has 4 rings (SSSR count). The molecule has 3 aromatic carbocycles. The van der Waals surface area contributed by atoms with E-state index in [9.17, 15) is 10.2 Å². The molecule has 3 aromatic rings. The Morgan fingerprint density at radius 2 is 1.39 bits per heavy atom. The van der Waals surface area contributed by atoms with Gasteiger partial charge < -0.3 is 24.4 Å². The molecule has 38 heavy (non-hydrogen) atoms. The van der Waals surface area contributed by atoms with Gasteiger partial charge in [-0.1, -0.05) is 112 Å². The lowest BCUT2D eigenvalue weighted by Crippen LogP contribution is -2.47. The Morgan fingerprint density at radius 1 is 0.842 bits per heavy atom. The summed E-state index contributed by atoms with van der Waals surface area (Å²) in [6.45, 7) is 7.26. The monoisotopic (exact) mass is 518 g/mol. The van der Waals surface area contributed by atoms with E-state index in [4.69, 9.17) is 14.2 Å². The smallest absolute Gasteiger partial charge is 0.123 e. The molecule has 0 bridgehead atoms. The summed E-state index contributed by atoms with van der Waals surface area (Å²) in [5.74, 6) is 0. The molecule has 5 heteroatoms. The minimum Gasteiger partial charge on any atom is -0.394 e. The molecule has 204 valence electrons. The number of rotatable bonds is 11. The second-order valence-corrected chi connectivity index (χ2v) is 11.2. The van der Waals surface area contributed by atoms with Crippen molar-refractivity contribution in [3.63, 3.8) is 0 Å². The van der Waals surface area contributed by atoms with Gasteiger partial charge in [-0.15, -0.1) is 0 Å². The van der Waals surface area contributed by atoms with Crippen LogP contribution in [0.25, 0.3) is 0 Å². The van der Waals surface area contributed by atoms with Crippen molar-refractivity contribution in [1.82, 2.24) is 0 Å². The van der Waals surface area contributed by atoms with Crippen LogP contribution in [0.2, 0.25) is 0 Å². The van der Waals surface area contributed by atoms with Crippen LogP contribution in [-0.4, -0.2) is 47.8 Å². The van der Waals surface area contributed by atoms with Crippen LogP contribution in [0.3, 0.4) is 0 Å². The van der Waals surface area contributed by atoms with Gasteiger partial charge in [-0.3, -0.25) is 0 Å². The summed E-state index contributed by atoms with van der Waals surface area (Å²) in [4.78, 5) is 0. The maximum Gasteiger partial charge on any atom is 0.123 e. The van der Waals surface area contributed by atoms with E-state index in [1.165, 1.54) is 0 Å². The van der Waals surface area contributed by atoms with Crippen molar-refractivity contribution in [3.05, 3.63) is 108 Å². The van der Waals surface area contributed by atoms with Crippen LogP contribution in [0, 0.1) is 5.41 Å². The topological polar surface area (TPSA) is 68.2 Å². The largest absolute Gasteiger partial charge is 0.394 e. The van der Waals surface area contributed by atoms with E-state index in [1.54, 1.807) is 0 Å². The second kappa shape index (κ2) is 13.0. The quantitative estimate of drug-likeness (QED) is 0.332. The molecular weight excluding hydrogens is 476 g/mol. The van der Waals surface area contributed by atoms with Crippen LogP contribution < -0.4 is 0 Å². The summed E-state index contributed by atoms with van der Waals surface area (Å²) in [6, 6.07) is 30.9. The number of hydrogen-bond donors (Lipinski definition) is 2. The van der Waals surface area contributed by atoms with Crippen molar-refractivity contribution in [2.75, 3.05) is 13.2 Å². The highest BCUT2D eigenvalue weighted by atomic mass is 16.6. The van der Waals surface area contributed by atoms with Gasteiger partial charge in [0.15, 0.2) is 0 Å². The maximum atomic E-state index is 10.3. The van der Waals surface area contributed by atoms with Gasteiger partial charge in [0.05, 0.1) is 38.1 Å². The Hall–Kier alpha value is -2.54. The molecule has 0 radical (unpaired) electrons. The third-order valence-corrected chi connectivity index (χ3v) is 7.56. The van der Waals surface area contributed by atoms with E-state index in [1.807, 2.05) is 30.3 Å². The zero-order valence-electron chi connectivity index (χ0n) is 22.8. The Bertz CT molecular complexity index is 1040. The summed E-state index contributed by atoms with van der Waals surface area (Å²) >= 11 is 0. The van der Waals surface area contributed by atoms with Crippen LogP contribution in [0.5, 0.6) is 0 Å². The van der Waals surface area contributed by atoms with E-state index in [2.05, 4.69) is 81.4 Å². The lowest BCUT2D eigenvalue weighted by atomic mass is 9.68. The van der Waals surface area contributed by atoms with Crippen molar-refractivity contribution in [3.8, 4) is 0 Å². The molecule has 2 N–H and O–H groups in total. The molecule has 0 saturated carbocycles. The number of aliphatic hydroxyl groups is 2. The van der Waals surface area contributed by atoms with E-state index in [0.29, 0.717) is 26.1 Å². The van der Waals surface area contributed by atoms with Crippen LogP contribution >= 0.6 is 0 Å². The van der Waals surface area contributed by atoms with Crippen molar-refractivity contribution in [1.29, 1.82) is 0 Å². The molecule has 1 heterocycles. The fourth-order valence-electron chi connectivity index (χ4n) is 5.61. The summed E-state index contributed by atoms with van der Waals surface area (Å²) in [5, 5.41) is 19.8. The Balaban J connectivity index is 1.55. The first kappa shape index (κ1) is 28.5. The van der Waals surface area contributed by atoms with Gasteiger partial charge in [-0.25, -0.2) is 0 Å². The first-order chi connectivity index (χ1) is 18.3. The zero-order chi connectivity index (χ0) is 27.0. The predicted molar refractivity (Wildman–Crippen MR) is 150 cm³/mol. The van der Waals surface area contributed by atoms with Gasteiger partial charge in [0.2, 0.25) is 0 Å². The zero-order valence-corrected chi connectivity index (χ0v) is 22.8. The van der Waals surface area contributed by atoms with Crippen molar-refractivity contribution < 1.29 is 24.4 Å². The highest BCUT2D eigenvalue weighted by molar-refractivity contribution is 5.38. The van der Waals surface area contributed by atoms with Crippen LogP contribution in [-0.2, 0) is 26.4 Å². The minimum atomic E-state index is -0.907. The third-order valence-electron chi connectivity index (χ3n) is 7.56. The molecule has 0 amide bonds. The van der Waals surface area contributed by atoms with Crippen molar-refractivity contribution in [2.24, 2.45) is 5.41 Å². The number of aliphatic hydroxyl groups excluding tert-OH is 2. The Kier molecular flexibility index (Phi) is 9.74. The average Bonchev–Trinajstić information content (AvgIpc) is 2.95. The molecule has 0 aromatic heterocycles. The second-order valence-electron chi connectivity index (χ2n) is 11.2. The molecular formula is C33H42O5. The summed E-state index contributed by atoms with van der Waals surface area (Å²) < 4.78 is 19.6. The molecule has 0 unspecified atom stereocenters. The van der Waals surface area contributed by atoms with Crippen molar-refractivity contribution >= 4 is 0 Å². The standard InChI is InChI=1S/C33H42O5/c1-32(2,3)33(26-15-9-5-10-16-26,27-17-11-6-12-18-27)37-22-21-31-30(20-19-29(38-31)28(35)23-34)36-24-25-13-7-4-8-14-25/h4-18,28-31,34-35H,19-24H2,1-3H3/t28-,29+,30-,31-/m0/s1. The highest BCUT2D eigenvalue weighted by Crippen LogP contribution is 2.48. The molecule has 0 aliphatic carbocycles. The maximum absolute atomic E-state index is 10.3. The van der Waals surface area contributed by atoms with E-state index >= 15 is 0 Å². The molecule has 4 atom stereocenters. The van der Waals surface area contributed by atoms with Crippen molar-refractivity contribution in [2.45, 2.75) is 76.7 Å². The summed E-state index contributed by atoms with van der Waals surface area (Å²) in [6.07, 6.45) is 0.278. The molecule has 0 spiro atoms. The first-order valence-corrected chi connectivity index (χ1v) is 13.7. The van der Waals surface area contributed by atoms with Gasteiger partial charge in [-0.05, 0) is 41.4 Å². The number of hydrogen-bond acceptors (Lipinski definition) is 5. The van der Waals surface area contributed by atoms with Gasteiger partial charge in [-0.2, -0.15) is 0 Å². The molecule has 1 fully saturated rings. The average molecular weight is 519 g/mol. The minimum absolute atomic E-state index is 0.126. The van der Waals surface area contributed by atoms with Gasteiger partial charge in [0, 0.05) is 0 Å². The normalized spacial score (nSPS) is 21.2. The first-order valence-electron chi connectivity index (χ1n) is 13.7. The summed E-state index contributed by atoms with van der Waals surface area (Å²) in [5.41, 5.74) is 2.40. The predicted octanol–water partition coefficient (Wildman–Crippen LogP) is 5.87. The Morgan fingerprint density at radius 3 is 1.92 bits per heavy atom. The SMILES string of the molecule is CC(C)(C)C(OCC[C@@H]1O[C@@H]([C@@H](O)CO)CC[C@@H]1OCc1ccccc1)(c1ccccc1)c1ccccc1. The number of ether oxygens (including phenoxy) is 3. The third kappa shape index (κ3) is 6.53. The molecule has 1 saturated heterocycles. The molecule has 1 aliphatic heterocycles. The van der Waals surface area contributed by atoms with Crippen LogP contribution in [0.15, 0.2) is 91.0 Å². The summed E-state index contributed by atoms with van der Waals surface area (Å²) in [7, 11) is 0. The molecule has 5 nitrogen and oxygen atoms in total. The Labute approximate surface area is 227 Å². The number of benzene rings is 3.